The quantitative estimate of drug-likeness (QED) is 0.857. The van der Waals surface area contributed by atoms with Crippen molar-refractivity contribution in [1.82, 2.24) is 4.90 Å². The van der Waals surface area contributed by atoms with E-state index in [1.165, 1.54) is 0 Å². The number of hydrogen-bond donors (Lipinski definition) is 2. The van der Waals surface area contributed by atoms with Gasteiger partial charge in [0.1, 0.15) is 18.5 Å². The number of carbonyl (C=O) groups is 1. The molecule has 2 rings (SSSR count). The van der Waals surface area contributed by atoms with Gasteiger partial charge in [-0.1, -0.05) is 6.07 Å². The van der Waals surface area contributed by atoms with E-state index >= 15 is 0 Å². The number of aliphatic hydroxyl groups is 1. The highest BCUT2D eigenvalue weighted by Gasteiger charge is 2.34. The molecule has 1 aromatic rings. The summed E-state index contributed by atoms with van der Waals surface area (Å²) in [6, 6.07) is 3.55. The van der Waals surface area contributed by atoms with Crippen LogP contribution in [-0.4, -0.2) is 47.3 Å². The van der Waals surface area contributed by atoms with Gasteiger partial charge in [-0.25, -0.2) is 0 Å². The maximum absolute atomic E-state index is 10.8. The van der Waals surface area contributed by atoms with Gasteiger partial charge in [-0.05, 0) is 38.1 Å². The van der Waals surface area contributed by atoms with E-state index in [2.05, 4.69) is 0 Å². The number of carboxylic acid groups (broad SMARTS) is 1. The first kappa shape index (κ1) is 13.8. The van der Waals surface area contributed by atoms with Gasteiger partial charge < -0.3 is 14.9 Å². The van der Waals surface area contributed by atoms with Gasteiger partial charge in [0.05, 0.1) is 12.6 Å². The van der Waals surface area contributed by atoms with Crippen LogP contribution in [0.2, 0.25) is 0 Å². The predicted molar refractivity (Wildman–Crippen MR) is 70.4 cm³/mol. The molecule has 0 fully saturated rings. The number of fused-ring (bicyclic) bond motifs is 1. The molecule has 1 aromatic carbocycles. The molecule has 19 heavy (non-hydrogen) atoms. The largest absolute Gasteiger partial charge is 0.491 e. The van der Waals surface area contributed by atoms with Crippen LogP contribution >= 0.6 is 0 Å². The molecule has 5 heteroatoms. The van der Waals surface area contributed by atoms with Gasteiger partial charge in [-0.15, -0.1) is 0 Å². The Balaban J connectivity index is 2.29. The van der Waals surface area contributed by atoms with Crippen LogP contribution in [-0.2, 0) is 4.79 Å². The summed E-state index contributed by atoms with van der Waals surface area (Å²) >= 11 is 0. The minimum atomic E-state index is -0.916. The summed E-state index contributed by atoms with van der Waals surface area (Å²) < 4.78 is 5.68. The molecule has 0 spiro atoms. The van der Waals surface area contributed by atoms with Crippen LogP contribution in [0.25, 0.3) is 0 Å². The summed E-state index contributed by atoms with van der Waals surface area (Å²) in [4.78, 5) is 12.4. The second-order valence-corrected chi connectivity index (χ2v) is 5.13. The van der Waals surface area contributed by atoms with E-state index in [1.807, 2.05) is 26.0 Å². The van der Waals surface area contributed by atoms with E-state index in [-0.39, 0.29) is 12.6 Å². The van der Waals surface area contributed by atoms with E-state index < -0.39 is 12.1 Å². The zero-order valence-corrected chi connectivity index (χ0v) is 11.4. The van der Waals surface area contributed by atoms with Crippen molar-refractivity contribution in [2.75, 3.05) is 20.2 Å². The Morgan fingerprint density at radius 1 is 1.47 bits per heavy atom. The smallest absolute Gasteiger partial charge is 0.317 e. The Morgan fingerprint density at radius 2 is 2.16 bits per heavy atom. The first-order valence-electron chi connectivity index (χ1n) is 6.24. The van der Waals surface area contributed by atoms with Gasteiger partial charge in [0.25, 0.3) is 0 Å². The molecule has 1 heterocycles. The molecule has 2 N–H and O–H groups in total. The molecule has 2 atom stereocenters. The number of benzene rings is 1. The maximum atomic E-state index is 10.8. The highest BCUT2D eigenvalue weighted by molar-refractivity contribution is 5.69. The Morgan fingerprint density at radius 3 is 2.79 bits per heavy atom. The average molecular weight is 265 g/mol. The zero-order chi connectivity index (χ0) is 14.2. The topological polar surface area (TPSA) is 70.0 Å². The first-order valence-corrected chi connectivity index (χ1v) is 6.24. The SMILES string of the molecule is Cc1cc(C)c2c(c1)OCC(N(C)CC(=O)O)C2O. The second-order valence-electron chi connectivity index (χ2n) is 5.13. The Hall–Kier alpha value is -1.59. The molecule has 0 saturated heterocycles. The lowest BCUT2D eigenvalue weighted by Crippen LogP contribution is -2.46. The molecule has 0 bridgehead atoms. The van der Waals surface area contributed by atoms with Crippen molar-refractivity contribution in [3.05, 3.63) is 28.8 Å². The zero-order valence-electron chi connectivity index (χ0n) is 11.4. The van der Waals surface area contributed by atoms with E-state index in [9.17, 15) is 9.90 Å². The maximum Gasteiger partial charge on any atom is 0.317 e. The van der Waals surface area contributed by atoms with Crippen molar-refractivity contribution in [3.63, 3.8) is 0 Å². The third-order valence-electron chi connectivity index (χ3n) is 3.51. The standard InChI is InChI=1S/C14H19NO4/c1-8-4-9(2)13-11(5-8)19-7-10(14(13)18)15(3)6-12(16)17/h4-5,10,14,18H,6-7H2,1-3H3,(H,16,17). The number of nitrogens with zero attached hydrogens (tertiary/aromatic N) is 1. The number of carboxylic acids is 1. The molecule has 0 aromatic heterocycles. The molecule has 2 unspecified atom stereocenters. The highest BCUT2D eigenvalue weighted by Crippen LogP contribution is 2.37. The lowest BCUT2D eigenvalue weighted by Gasteiger charge is -2.36. The normalized spacial score (nSPS) is 21.9. The number of hydrogen-bond acceptors (Lipinski definition) is 4. The van der Waals surface area contributed by atoms with E-state index in [0.717, 1.165) is 16.7 Å². The molecule has 0 radical (unpaired) electrons. The van der Waals surface area contributed by atoms with Crippen molar-refractivity contribution in [2.24, 2.45) is 0 Å². The van der Waals surface area contributed by atoms with Crippen molar-refractivity contribution >= 4 is 5.97 Å². The van der Waals surface area contributed by atoms with Crippen LogP contribution in [0.4, 0.5) is 0 Å². The summed E-state index contributed by atoms with van der Waals surface area (Å²) in [5.74, 6) is -0.217. The van der Waals surface area contributed by atoms with Gasteiger partial charge in [-0.3, -0.25) is 9.69 Å². The monoisotopic (exact) mass is 265 g/mol. The molecule has 0 amide bonds. The fourth-order valence-corrected chi connectivity index (χ4v) is 2.60. The van der Waals surface area contributed by atoms with Crippen molar-refractivity contribution in [2.45, 2.75) is 26.0 Å². The predicted octanol–water partition coefficient (Wildman–Crippen LogP) is 1.11. The minimum absolute atomic E-state index is 0.120. The molecule has 1 aliphatic heterocycles. The highest BCUT2D eigenvalue weighted by atomic mass is 16.5. The fraction of sp³-hybridized carbons (Fsp3) is 0.500. The number of rotatable bonds is 3. The molecule has 104 valence electrons. The van der Waals surface area contributed by atoms with Crippen LogP contribution in [0, 0.1) is 13.8 Å². The molecule has 0 aliphatic carbocycles. The first-order chi connectivity index (χ1) is 8.90. The van der Waals surface area contributed by atoms with Gasteiger partial charge in [-0.2, -0.15) is 0 Å². The van der Waals surface area contributed by atoms with Crippen molar-refractivity contribution in [3.8, 4) is 5.75 Å². The van der Waals surface area contributed by atoms with Crippen LogP contribution in [0.15, 0.2) is 12.1 Å². The molecular weight excluding hydrogens is 246 g/mol. The number of aliphatic carboxylic acids is 1. The van der Waals surface area contributed by atoms with E-state index in [1.54, 1.807) is 11.9 Å². The van der Waals surface area contributed by atoms with Crippen molar-refractivity contribution in [1.29, 1.82) is 0 Å². The number of likely N-dealkylation sites (N-methyl/N-ethyl adjacent to an activating group) is 1. The Bertz CT molecular complexity index is 500. The molecule has 0 saturated carbocycles. The Labute approximate surface area is 112 Å². The third-order valence-corrected chi connectivity index (χ3v) is 3.51. The Kier molecular flexibility index (Phi) is 3.78. The summed E-state index contributed by atoms with van der Waals surface area (Å²) in [5, 5.41) is 19.3. The third kappa shape index (κ3) is 2.72. The molecule has 1 aliphatic rings. The molecular formula is C14H19NO4. The summed E-state index contributed by atoms with van der Waals surface area (Å²) in [6.45, 7) is 4.08. The second kappa shape index (κ2) is 5.19. The van der Waals surface area contributed by atoms with Crippen LogP contribution < -0.4 is 4.74 Å². The van der Waals surface area contributed by atoms with E-state index in [0.29, 0.717) is 12.4 Å². The lowest BCUT2D eigenvalue weighted by molar-refractivity contribution is -0.139. The van der Waals surface area contributed by atoms with Crippen LogP contribution in [0.1, 0.15) is 22.8 Å². The van der Waals surface area contributed by atoms with Crippen LogP contribution in [0.3, 0.4) is 0 Å². The summed E-state index contributed by atoms with van der Waals surface area (Å²) in [5.41, 5.74) is 2.82. The van der Waals surface area contributed by atoms with Crippen molar-refractivity contribution < 1.29 is 19.7 Å². The lowest BCUT2D eigenvalue weighted by atomic mass is 9.93. The summed E-state index contributed by atoms with van der Waals surface area (Å²) in [6.07, 6.45) is -0.728. The van der Waals surface area contributed by atoms with Gasteiger partial charge in [0.2, 0.25) is 0 Å². The summed E-state index contributed by atoms with van der Waals surface area (Å²) in [7, 11) is 1.68. The van der Waals surface area contributed by atoms with Gasteiger partial charge in [0.15, 0.2) is 0 Å². The van der Waals surface area contributed by atoms with E-state index in [4.69, 9.17) is 9.84 Å². The number of aryl methyl sites for hydroxylation is 2. The minimum Gasteiger partial charge on any atom is -0.491 e. The number of aliphatic hydroxyl groups excluding tert-OH is 1. The average Bonchev–Trinajstić information content (AvgIpc) is 2.26. The van der Waals surface area contributed by atoms with Gasteiger partial charge in [0, 0.05) is 5.56 Å². The van der Waals surface area contributed by atoms with Gasteiger partial charge >= 0.3 is 5.97 Å². The van der Waals surface area contributed by atoms with Crippen LogP contribution in [0.5, 0.6) is 5.75 Å². The molecule has 5 nitrogen and oxygen atoms in total. The number of ether oxygens (including phenoxy) is 1. The fourth-order valence-electron chi connectivity index (χ4n) is 2.60.